The van der Waals surface area contributed by atoms with E-state index in [4.69, 9.17) is 9.47 Å². The van der Waals surface area contributed by atoms with E-state index in [1.54, 1.807) is 18.2 Å². The predicted molar refractivity (Wildman–Crippen MR) is 88.5 cm³/mol. The fraction of sp³-hybridized carbons (Fsp3) is 0.294. The lowest BCUT2D eigenvalue weighted by Crippen LogP contribution is -2.38. The molecule has 0 aromatic heterocycles. The first-order chi connectivity index (χ1) is 11.7. The summed E-state index contributed by atoms with van der Waals surface area (Å²) in [5.74, 6) is 0.556. The third-order valence-electron chi connectivity index (χ3n) is 4.03. The predicted octanol–water partition coefficient (Wildman–Crippen LogP) is 2.05. The first-order valence-electron chi connectivity index (χ1n) is 7.57. The van der Waals surface area contributed by atoms with Crippen LogP contribution in [-0.2, 0) is 15.6 Å². The minimum Gasteiger partial charge on any atom is -0.454 e. The van der Waals surface area contributed by atoms with Gasteiger partial charge in [-0.05, 0) is 55.3 Å². The Morgan fingerprint density at radius 2 is 1.92 bits per heavy atom. The van der Waals surface area contributed by atoms with Crippen molar-refractivity contribution in [3.63, 3.8) is 0 Å². The molecule has 0 saturated heterocycles. The number of benzene rings is 2. The van der Waals surface area contributed by atoms with Gasteiger partial charge in [-0.1, -0.05) is 6.07 Å². The SMILES string of the molecule is Cc1cc(F)ccc1S(=O)(=O)NCC(C)(O)c1ccc2c(c1)OCO2. The summed E-state index contributed by atoms with van der Waals surface area (Å²) in [7, 11) is -3.89. The van der Waals surface area contributed by atoms with E-state index in [9.17, 15) is 17.9 Å². The average molecular weight is 367 g/mol. The van der Waals surface area contributed by atoms with E-state index in [-0.39, 0.29) is 23.8 Å². The molecule has 2 aromatic carbocycles. The molecule has 0 spiro atoms. The number of hydrogen-bond donors (Lipinski definition) is 2. The fourth-order valence-electron chi connectivity index (χ4n) is 2.56. The maximum atomic E-state index is 13.2. The van der Waals surface area contributed by atoms with Gasteiger partial charge < -0.3 is 14.6 Å². The lowest BCUT2D eigenvalue weighted by Gasteiger charge is -2.24. The number of halogens is 1. The van der Waals surface area contributed by atoms with Gasteiger partial charge in [0.05, 0.1) is 4.90 Å². The molecular formula is C17H18FNO5S. The minimum absolute atomic E-state index is 0.0320. The van der Waals surface area contributed by atoms with Crippen molar-refractivity contribution in [2.24, 2.45) is 0 Å². The fourth-order valence-corrected chi connectivity index (χ4v) is 3.92. The van der Waals surface area contributed by atoms with Gasteiger partial charge in [0.2, 0.25) is 16.8 Å². The highest BCUT2D eigenvalue weighted by Gasteiger charge is 2.29. The van der Waals surface area contributed by atoms with E-state index in [1.165, 1.54) is 19.9 Å². The van der Waals surface area contributed by atoms with E-state index >= 15 is 0 Å². The lowest BCUT2D eigenvalue weighted by atomic mass is 9.96. The zero-order chi connectivity index (χ0) is 18.2. The van der Waals surface area contributed by atoms with Crippen molar-refractivity contribution in [2.45, 2.75) is 24.3 Å². The van der Waals surface area contributed by atoms with Crippen LogP contribution in [0.2, 0.25) is 0 Å². The Morgan fingerprint density at radius 3 is 2.64 bits per heavy atom. The first-order valence-corrected chi connectivity index (χ1v) is 9.06. The van der Waals surface area contributed by atoms with Crippen molar-refractivity contribution < 1.29 is 27.4 Å². The summed E-state index contributed by atoms with van der Waals surface area (Å²) in [4.78, 5) is -0.0320. The minimum atomic E-state index is -3.89. The van der Waals surface area contributed by atoms with Gasteiger partial charge in [0.15, 0.2) is 11.5 Å². The Hall–Kier alpha value is -2.16. The van der Waals surface area contributed by atoms with E-state index in [2.05, 4.69) is 4.72 Å². The van der Waals surface area contributed by atoms with Gasteiger partial charge in [0, 0.05) is 6.54 Å². The van der Waals surface area contributed by atoms with Crippen LogP contribution >= 0.6 is 0 Å². The molecule has 134 valence electrons. The van der Waals surface area contributed by atoms with Crippen LogP contribution in [0.25, 0.3) is 0 Å². The summed E-state index contributed by atoms with van der Waals surface area (Å²) < 4.78 is 50.9. The average Bonchev–Trinajstić information content (AvgIpc) is 3.00. The summed E-state index contributed by atoms with van der Waals surface area (Å²) in [6.45, 7) is 2.85. The molecule has 0 bridgehead atoms. The van der Waals surface area contributed by atoms with Crippen LogP contribution in [0, 0.1) is 12.7 Å². The Labute approximate surface area is 145 Å². The molecule has 25 heavy (non-hydrogen) atoms. The maximum absolute atomic E-state index is 13.2. The molecule has 2 aromatic rings. The van der Waals surface area contributed by atoms with Gasteiger partial charge in [-0.3, -0.25) is 0 Å². The Bertz CT molecular complexity index is 911. The molecule has 0 amide bonds. The van der Waals surface area contributed by atoms with Gasteiger partial charge in [0.1, 0.15) is 11.4 Å². The molecule has 0 aliphatic carbocycles. The molecule has 6 nitrogen and oxygen atoms in total. The van der Waals surface area contributed by atoms with Crippen LogP contribution in [0.5, 0.6) is 11.5 Å². The second-order valence-corrected chi connectivity index (χ2v) is 7.81. The molecule has 2 N–H and O–H groups in total. The number of hydrogen-bond acceptors (Lipinski definition) is 5. The number of rotatable bonds is 5. The van der Waals surface area contributed by atoms with Crippen LogP contribution in [0.4, 0.5) is 4.39 Å². The molecule has 1 atom stereocenters. The Kier molecular flexibility index (Phi) is 4.44. The molecule has 0 radical (unpaired) electrons. The zero-order valence-electron chi connectivity index (χ0n) is 13.7. The number of sulfonamides is 1. The molecule has 1 aliphatic rings. The second kappa shape index (κ2) is 6.29. The number of fused-ring (bicyclic) bond motifs is 1. The van der Waals surface area contributed by atoms with Crippen molar-refractivity contribution in [3.8, 4) is 11.5 Å². The van der Waals surface area contributed by atoms with Gasteiger partial charge in [-0.25, -0.2) is 17.5 Å². The lowest BCUT2D eigenvalue weighted by molar-refractivity contribution is 0.0625. The number of ether oxygens (including phenoxy) is 2. The topological polar surface area (TPSA) is 84.9 Å². The van der Waals surface area contributed by atoms with Crippen molar-refractivity contribution >= 4 is 10.0 Å². The number of aliphatic hydroxyl groups is 1. The van der Waals surface area contributed by atoms with E-state index in [1.807, 2.05) is 0 Å². The standard InChI is InChI=1S/C17H18FNO5S/c1-11-7-13(18)4-6-16(11)25(21,22)19-9-17(2,20)12-3-5-14-15(8-12)24-10-23-14/h3-8,19-20H,9-10H2,1-2H3. The van der Waals surface area contributed by atoms with Crippen molar-refractivity contribution in [2.75, 3.05) is 13.3 Å². The highest BCUT2D eigenvalue weighted by atomic mass is 32.2. The highest BCUT2D eigenvalue weighted by Crippen LogP contribution is 2.35. The zero-order valence-corrected chi connectivity index (χ0v) is 14.6. The second-order valence-electron chi connectivity index (χ2n) is 6.08. The van der Waals surface area contributed by atoms with Gasteiger partial charge in [-0.15, -0.1) is 0 Å². The molecular weight excluding hydrogens is 349 g/mol. The number of nitrogens with one attached hydrogen (secondary N) is 1. The van der Waals surface area contributed by atoms with Crippen LogP contribution in [0.3, 0.4) is 0 Å². The molecule has 0 fully saturated rings. The van der Waals surface area contributed by atoms with E-state index in [0.717, 1.165) is 12.1 Å². The molecule has 1 unspecified atom stereocenters. The van der Waals surface area contributed by atoms with E-state index < -0.39 is 21.4 Å². The van der Waals surface area contributed by atoms with Crippen LogP contribution < -0.4 is 14.2 Å². The quantitative estimate of drug-likeness (QED) is 0.845. The van der Waals surface area contributed by atoms with Crippen LogP contribution in [-0.4, -0.2) is 26.9 Å². The molecule has 8 heteroatoms. The monoisotopic (exact) mass is 367 g/mol. The normalized spacial score (nSPS) is 15.8. The Morgan fingerprint density at radius 1 is 1.20 bits per heavy atom. The summed E-state index contributed by atoms with van der Waals surface area (Å²) in [5.41, 5.74) is -0.701. The summed E-state index contributed by atoms with van der Waals surface area (Å²) in [6.07, 6.45) is 0. The highest BCUT2D eigenvalue weighted by molar-refractivity contribution is 7.89. The maximum Gasteiger partial charge on any atom is 0.240 e. The summed E-state index contributed by atoms with van der Waals surface area (Å²) in [6, 6.07) is 8.33. The van der Waals surface area contributed by atoms with Gasteiger partial charge in [-0.2, -0.15) is 0 Å². The smallest absolute Gasteiger partial charge is 0.240 e. The van der Waals surface area contributed by atoms with Gasteiger partial charge in [0.25, 0.3) is 0 Å². The molecule has 1 heterocycles. The van der Waals surface area contributed by atoms with Crippen molar-refractivity contribution in [1.29, 1.82) is 0 Å². The van der Waals surface area contributed by atoms with Crippen molar-refractivity contribution in [1.82, 2.24) is 4.72 Å². The molecule has 0 saturated carbocycles. The van der Waals surface area contributed by atoms with E-state index in [0.29, 0.717) is 17.1 Å². The van der Waals surface area contributed by atoms with Crippen molar-refractivity contribution in [3.05, 3.63) is 53.3 Å². The third-order valence-corrected chi connectivity index (χ3v) is 5.59. The van der Waals surface area contributed by atoms with Crippen LogP contribution in [0.1, 0.15) is 18.1 Å². The number of aryl methyl sites for hydroxylation is 1. The molecule has 3 rings (SSSR count). The first kappa shape index (κ1) is 17.7. The third kappa shape index (κ3) is 3.60. The summed E-state index contributed by atoms with van der Waals surface area (Å²) >= 11 is 0. The molecule has 1 aliphatic heterocycles. The largest absolute Gasteiger partial charge is 0.454 e. The Balaban J connectivity index is 1.79. The summed E-state index contributed by atoms with van der Waals surface area (Å²) in [5, 5.41) is 10.7. The van der Waals surface area contributed by atoms with Gasteiger partial charge >= 0.3 is 0 Å². The van der Waals surface area contributed by atoms with Crippen LogP contribution in [0.15, 0.2) is 41.3 Å².